The molecule has 1 aliphatic carbocycles. The van der Waals surface area contributed by atoms with Gasteiger partial charge in [-0.15, -0.1) is 0 Å². The first-order valence-corrected chi connectivity index (χ1v) is 9.95. The fourth-order valence-electron chi connectivity index (χ4n) is 3.61. The molecule has 29 heavy (non-hydrogen) atoms. The fourth-order valence-corrected chi connectivity index (χ4v) is 4.06. The molecule has 1 aliphatic rings. The Labute approximate surface area is 175 Å². The lowest BCUT2D eigenvalue weighted by Crippen LogP contribution is -2.30. The first-order valence-electron chi connectivity index (χ1n) is 9.16. The number of amides is 3. The van der Waals surface area contributed by atoms with Gasteiger partial charge in [-0.1, -0.05) is 0 Å². The Morgan fingerprint density at radius 3 is 2.52 bits per heavy atom. The van der Waals surface area contributed by atoms with E-state index in [1.54, 1.807) is 4.57 Å². The number of hydrogen-bond donors (Lipinski definition) is 3. The van der Waals surface area contributed by atoms with Crippen molar-refractivity contribution in [1.29, 1.82) is 0 Å². The third-order valence-electron chi connectivity index (χ3n) is 5.12. The maximum atomic E-state index is 13.2. The van der Waals surface area contributed by atoms with Gasteiger partial charge in [0.25, 0.3) is 11.8 Å². The number of carbonyl (C=O) groups excluding carboxylic acids is 3. The van der Waals surface area contributed by atoms with Gasteiger partial charge in [0.05, 0.1) is 12.0 Å². The summed E-state index contributed by atoms with van der Waals surface area (Å²) in [7, 11) is 1.45. The molecule has 0 saturated heterocycles. The minimum absolute atomic E-state index is 0.000951. The van der Waals surface area contributed by atoms with Crippen molar-refractivity contribution < 1.29 is 18.8 Å². The molecule has 8 nitrogen and oxygen atoms in total. The topological polar surface area (TPSA) is 119 Å². The van der Waals surface area contributed by atoms with Crippen LogP contribution in [0.15, 0.2) is 29.0 Å². The Kier molecular flexibility index (Phi) is 6.31. The summed E-state index contributed by atoms with van der Waals surface area (Å²) in [6, 6.07) is 4.01. The van der Waals surface area contributed by atoms with E-state index >= 15 is 0 Å². The Morgan fingerprint density at radius 2 is 1.93 bits per heavy atom. The van der Waals surface area contributed by atoms with Crippen molar-refractivity contribution in [2.75, 3.05) is 12.4 Å². The van der Waals surface area contributed by atoms with Crippen LogP contribution in [-0.4, -0.2) is 34.3 Å². The van der Waals surface area contributed by atoms with Crippen molar-refractivity contribution in [2.24, 2.45) is 11.7 Å². The standard InChI is InChI=1S/C19H21BrFN5O3/c1-23-19(29)15-16(17(22)27)26(9-24-15)12-5-2-10(3-6-12)18(28)25-14-7-4-11(21)8-13(14)20/h4,7-10,12H,2-3,5-6H2,1H3,(H2,22,27)(H,23,29)(H,25,28)/t10-,12-. The van der Waals surface area contributed by atoms with E-state index in [0.717, 1.165) is 0 Å². The number of benzene rings is 1. The van der Waals surface area contributed by atoms with Gasteiger partial charge < -0.3 is 20.9 Å². The van der Waals surface area contributed by atoms with E-state index in [1.807, 2.05) is 0 Å². The zero-order chi connectivity index (χ0) is 21.1. The summed E-state index contributed by atoms with van der Waals surface area (Å²) in [6.07, 6.45) is 3.91. The predicted molar refractivity (Wildman–Crippen MR) is 108 cm³/mol. The van der Waals surface area contributed by atoms with Crippen LogP contribution in [-0.2, 0) is 4.79 Å². The highest BCUT2D eigenvalue weighted by atomic mass is 79.9. The Bertz CT molecular complexity index is 953. The first-order chi connectivity index (χ1) is 13.8. The van der Waals surface area contributed by atoms with Gasteiger partial charge in [0.1, 0.15) is 11.5 Å². The van der Waals surface area contributed by atoms with Crippen molar-refractivity contribution in [3.8, 4) is 0 Å². The van der Waals surface area contributed by atoms with Gasteiger partial charge in [-0.05, 0) is 59.8 Å². The summed E-state index contributed by atoms with van der Waals surface area (Å²) in [5.41, 5.74) is 6.06. The lowest BCUT2D eigenvalue weighted by atomic mass is 9.85. The van der Waals surface area contributed by atoms with Crippen molar-refractivity contribution >= 4 is 39.3 Å². The van der Waals surface area contributed by atoms with Crippen molar-refractivity contribution in [2.45, 2.75) is 31.7 Å². The molecule has 154 valence electrons. The lowest BCUT2D eigenvalue weighted by molar-refractivity contribution is -0.121. The summed E-state index contributed by atoms with van der Waals surface area (Å²) in [4.78, 5) is 40.4. The molecule has 10 heteroatoms. The highest BCUT2D eigenvalue weighted by molar-refractivity contribution is 9.10. The highest BCUT2D eigenvalue weighted by Crippen LogP contribution is 2.34. The number of anilines is 1. The second-order valence-electron chi connectivity index (χ2n) is 6.91. The van der Waals surface area contributed by atoms with Crippen LogP contribution in [0.2, 0.25) is 0 Å². The number of carbonyl (C=O) groups is 3. The number of hydrogen-bond acceptors (Lipinski definition) is 4. The van der Waals surface area contributed by atoms with E-state index in [0.29, 0.717) is 35.8 Å². The van der Waals surface area contributed by atoms with Crippen molar-refractivity contribution in [3.05, 3.63) is 46.2 Å². The largest absolute Gasteiger partial charge is 0.364 e. The minimum Gasteiger partial charge on any atom is -0.364 e. The smallest absolute Gasteiger partial charge is 0.272 e. The molecule has 1 saturated carbocycles. The van der Waals surface area contributed by atoms with Gasteiger partial charge in [-0.2, -0.15) is 0 Å². The van der Waals surface area contributed by atoms with E-state index in [-0.39, 0.29) is 29.3 Å². The minimum atomic E-state index is -0.720. The molecule has 0 bridgehead atoms. The molecule has 1 fully saturated rings. The molecule has 0 radical (unpaired) electrons. The Hall–Kier alpha value is -2.75. The van der Waals surface area contributed by atoms with Gasteiger partial charge in [0.15, 0.2) is 5.69 Å². The second-order valence-corrected chi connectivity index (χ2v) is 7.77. The van der Waals surface area contributed by atoms with Crippen LogP contribution in [0.3, 0.4) is 0 Å². The maximum Gasteiger partial charge on any atom is 0.272 e. The summed E-state index contributed by atoms with van der Waals surface area (Å²) in [5, 5.41) is 5.26. The fraction of sp³-hybridized carbons (Fsp3) is 0.368. The SMILES string of the molecule is CNC(=O)c1ncn([C@H]2CC[C@H](C(=O)Nc3ccc(F)cc3Br)CC2)c1C(N)=O. The van der Waals surface area contributed by atoms with Crippen LogP contribution in [0.5, 0.6) is 0 Å². The number of primary amides is 1. The molecule has 1 aromatic carbocycles. The van der Waals surface area contributed by atoms with Crippen molar-refractivity contribution in [3.63, 3.8) is 0 Å². The van der Waals surface area contributed by atoms with E-state index < -0.39 is 17.6 Å². The number of aromatic nitrogens is 2. The van der Waals surface area contributed by atoms with Crippen LogP contribution < -0.4 is 16.4 Å². The number of halogens is 2. The molecule has 0 unspecified atom stereocenters. The monoisotopic (exact) mass is 465 g/mol. The van der Waals surface area contributed by atoms with Crippen LogP contribution in [0, 0.1) is 11.7 Å². The third kappa shape index (κ3) is 4.47. The molecular formula is C19H21BrFN5O3. The van der Waals surface area contributed by atoms with Crippen LogP contribution in [0.25, 0.3) is 0 Å². The number of nitrogens with zero attached hydrogens (tertiary/aromatic N) is 2. The molecule has 3 rings (SSSR count). The molecule has 3 amide bonds. The summed E-state index contributed by atoms with van der Waals surface area (Å²) in [6.45, 7) is 0. The number of rotatable bonds is 5. The first kappa shape index (κ1) is 21.0. The van der Waals surface area contributed by atoms with Crippen LogP contribution in [0.1, 0.15) is 52.7 Å². The quantitative estimate of drug-likeness (QED) is 0.628. The second kappa shape index (κ2) is 8.73. The molecular weight excluding hydrogens is 445 g/mol. The van der Waals surface area contributed by atoms with Gasteiger partial charge in [-0.25, -0.2) is 9.37 Å². The van der Waals surface area contributed by atoms with Crippen LogP contribution >= 0.6 is 15.9 Å². The van der Waals surface area contributed by atoms with Crippen molar-refractivity contribution in [1.82, 2.24) is 14.9 Å². The number of nitrogens with one attached hydrogen (secondary N) is 2. The Morgan fingerprint density at radius 1 is 1.24 bits per heavy atom. The zero-order valence-electron chi connectivity index (χ0n) is 15.7. The average molecular weight is 466 g/mol. The van der Waals surface area contributed by atoms with Crippen LogP contribution in [0.4, 0.5) is 10.1 Å². The zero-order valence-corrected chi connectivity index (χ0v) is 17.3. The van der Waals surface area contributed by atoms with E-state index in [1.165, 1.54) is 31.6 Å². The molecule has 1 aromatic heterocycles. The van der Waals surface area contributed by atoms with Gasteiger partial charge in [0, 0.05) is 23.5 Å². The molecule has 1 heterocycles. The summed E-state index contributed by atoms with van der Waals surface area (Å²) >= 11 is 3.24. The van der Waals surface area contributed by atoms with E-state index in [9.17, 15) is 18.8 Å². The van der Waals surface area contributed by atoms with Gasteiger partial charge in [-0.3, -0.25) is 14.4 Å². The maximum absolute atomic E-state index is 13.2. The summed E-state index contributed by atoms with van der Waals surface area (Å²) in [5.74, 6) is -1.93. The molecule has 0 spiro atoms. The molecule has 2 aromatic rings. The molecule has 4 N–H and O–H groups in total. The highest BCUT2D eigenvalue weighted by Gasteiger charge is 2.31. The normalized spacial score (nSPS) is 18.9. The van der Waals surface area contributed by atoms with Gasteiger partial charge in [0.2, 0.25) is 5.91 Å². The Balaban J connectivity index is 1.67. The predicted octanol–water partition coefficient (Wildman–Crippen LogP) is 2.61. The lowest BCUT2D eigenvalue weighted by Gasteiger charge is -2.29. The van der Waals surface area contributed by atoms with E-state index in [4.69, 9.17) is 5.73 Å². The number of nitrogens with two attached hydrogens (primary N) is 1. The molecule has 0 aliphatic heterocycles. The number of imidazole rings is 1. The summed E-state index contributed by atoms with van der Waals surface area (Å²) < 4.78 is 15.3. The molecule has 0 atom stereocenters. The average Bonchev–Trinajstić information content (AvgIpc) is 3.15. The van der Waals surface area contributed by atoms with E-state index in [2.05, 4.69) is 31.5 Å². The third-order valence-corrected chi connectivity index (χ3v) is 5.78. The van der Waals surface area contributed by atoms with Gasteiger partial charge >= 0.3 is 0 Å².